The van der Waals surface area contributed by atoms with Gasteiger partial charge in [-0.05, 0) is 77.0 Å². The van der Waals surface area contributed by atoms with Gasteiger partial charge in [0.1, 0.15) is 19.8 Å². The maximum atomic E-state index is 12.8. The zero-order valence-corrected chi connectivity index (χ0v) is 48.6. The number of likely N-dealkylation sites (N-methyl/N-ethyl adjacent to an activating group) is 1. The van der Waals surface area contributed by atoms with Gasteiger partial charge in [0.2, 0.25) is 0 Å². The first-order valence-electron chi connectivity index (χ1n) is 30.0. The van der Waals surface area contributed by atoms with Crippen molar-refractivity contribution >= 4 is 19.8 Å². The molecule has 10 heteroatoms. The second kappa shape index (κ2) is 53.5. The van der Waals surface area contributed by atoms with Crippen LogP contribution in [0.15, 0.2) is 60.8 Å². The third kappa shape index (κ3) is 57.0. The topological polar surface area (TPSA) is 108 Å². The number of ether oxygens (including phenoxy) is 2. The highest BCUT2D eigenvalue weighted by atomic mass is 31.2. The van der Waals surface area contributed by atoms with E-state index in [9.17, 15) is 19.0 Å². The molecule has 0 saturated heterocycles. The van der Waals surface area contributed by atoms with E-state index in [1.165, 1.54) is 167 Å². The molecule has 0 spiro atoms. The van der Waals surface area contributed by atoms with E-state index >= 15 is 0 Å². The number of rotatable bonds is 55. The molecule has 2 atom stereocenters. The van der Waals surface area contributed by atoms with Crippen molar-refractivity contribution in [3.05, 3.63) is 60.8 Å². The fraction of sp³-hybridized carbons (Fsp3) is 0.806. The number of unbranched alkanes of at least 4 members (excludes halogenated alkanes) is 31. The van der Waals surface area contributed by atoms with Gasteiger partial charge in [-0.15, -0.1) is 0 Å². The Morgan fingerprint density at radius 2 is 0.792 bits per heavy atom. The van der Waals surface area contributed by atoms with Gasteiger partial charge in [-0.1, -0.05) is 242 Å². The van der Waals surface area contributed by atoms with Crippen molar-refractivity contribution in [2.45, 2.75) is 277 Å². The lowest BCUT2D eigenvalue weighted by molar-refractivity contribution is -0.870. The predicted molar refractivity (Wildman–Crippen MR) is 307 cm³/mol. The molecule has 420 valence electrons. The summed E-state index contributed by atoms with van der Waals surface area (Å²) in [6.07, 6.45) is 68.6. The molecule has 0 saturated carbocycles. The van der Waals surface area contributed by atoms with Gasteiger partial charge in [0.25, 0.3) is 0 Å². The Kier molecular flexibility index (Phi) is 51.8. The number of carbonyl (C=O) groups is 2. The zero-order valence-electron chi connectivity index (χ0n) is 47.7. The molecule has 72 heavy (non-hydrogen) atoms. The first kappa shape index (κ1) is 69.7. The molecule has 0 aliphatic carbocycles. The predicted octanol–water partition coefficient (Wildman–Crippen LogP) is 18.7. The first-order chi connectivity index (χ1) is 35.0. The van der Waals surface area contributed by atoms with Crippen LogP contribution in [-0.4, -0.2) is 74.9 Å². The molecule has 0 bridgehead atoms. The van der Waals surface area contributed by atoms with Crippen LogP contribution in [0.1, 0.15) is 271 Å². The molecular formula is C62H115NO8P+. The van der Waals surface area contributed by atoms with Gasteiger partial charge >= 0.3 is 19.8 Å². The summed E-state index contributed by atoms with van der Waals surface area (Å²) in [7, 11) is 1.48. The number of phosphoric ester groups is 1. The molecule has 0 aromatic heterocycles. The van der Waals surface area contributed by atoms with E-state index in [0.717, 1.165) is 70.6 Å². The minimum Gasteiger partial charge on any atom is -0.462 e. The average molecular weight is 1030 g/mol. The number of quaternary nitrogens is 1. The lowest BCUT2D eigenvalue weighted by atomic mass is 10.0. The first-order valence-corrected chi connectivity index (χ1v) is 31.5. The summed E-state index contributed by atoms with van der Waals surface area (Å²) in [6.45, 7) is 4.35. The van der Waals surface area contributed by atoms with Crippen LogP contribution in [0.25, 0.3) is 0 Å². The molecule has 0 amide bonds. The highest BCUT2D eigenvalue weighted by molar-refractivity contribution is 7.47. The van der Waals surface area contributed by atoms with Gasteiger partial charge < -0.3 is 18.9 Å². The molecule has 2 unspecified atom stereocenters. The third-order valence-corrected chi connectivity index (χ3v) is 14.0. The molecule has 1 N–H and O–H groups in total. The fourth-order valence-electron chi connectivity index (χ4n) is 8.41. The Morgan fingerprint density at radius 3 is 1.19 bits per heavy atom. The fourth-order valence-corrected chi connectivity index (χ4v) is 9.16. The molecule has 0 heterocycles. The molecule has 9 nitrogen and oxygen atoms in total. The van der Waals surface area contributed by atoms with Crippen LogP contribution in [0.5, 0.6) is 0 Å². The molecular weight excluding hydrogens is 918 g/mol. The van der Waals surface area contributed by atoms with Gasteiger partial charge in [0.15, 0.2) is 6.10 Å². The van der Waals surface area contributed by atoms with Crippen LogP contribution in [0.3, 0.4) is 0 Å². The van der Waals surface area contributed by atoms with Crippen LogP contribution < -0.4 is 0 Å². The summed E-state index contributed by atoms with van der Waals surface area (Å²) in [5.74, 6) is -0.795. The van der Waals surface area contributed by atoms with Crippen molar-refractivity contribution in [1.82, 2.24) is 0 Å². The Hall–Kier alpha value is -2.29. The minimum atomic E-state index is -4.39. The smallest absolute Gasteiger partial charge is 0.462 e. The number of carbonyl (C=O) groups excluding carboxylic acids is 2. The lowest BCUT2D eigenvalue weighted by Gasteiger charge is -2.24. The molecule has 0 rings (SSSR count). The zero-order chi connectivity index (χ0) is 52.7. The highest BCUT2D eigenvalue weighted by Crippen LogP contribution is 2.43. The van der Waals surface area contributed by atoms with Crippen LogP contribution in [0.2, 0.25) is 0 Å². The van der Waals surface area contributed by atoms with E-state index < -0.39 is 26.5 Å². The van der Waals surface area contributed by atoms with E-state index in [-0.39, 0.29) is 32.0 Å². The number of esters is 2. The summed E-state index contributed by atoms with van der Waals surface area (Å²) in [5, 5.41) is 0. The van der Waals surface area contributed by atoms with Crippen molar-refractivity contribution in [1.29, 1.82) is 0 Å². The van der Waals surface area contributed by atoms with Crippen LogP contribution >= 0.6 is 7.82 Å². The lowest BCUT2D eigenvalue weighted by Crippen LogP contribution is -2.37. The number of nitrogens with zero attached hydrogens (tertiary/aromatic N) is 1. The second-order valence-corrected chi connectivity index (χ2v) is 22.8. The Morgan fingerprint density at radius 1 is 0.444 bits per heavy atom. The SMILES string of the molecule is CC/C=C\C/C=C\C/C=C\C/C=C\CCCCCCCCCCCCC(=O)OC(COC(=O)CCCCCCCCCCCCCCC/C=C\CCCCCCCCCC)COP(=O)(O)OCC[N+](C)(C)C. The quantitative estimate of drug-likeness (QED) is 0.0211. The van der Waals surface area contributed by atoms with E-state index in [4.69, 9.17) is 18.5 Å². The van der Waals surface area contributed by atoms with Gasteiger partial charge in [-0.2, -0.15) is 0 Å². The van der Waals surface area contributed by atoms with Crippen LogP contribution in [0.4, 0.5) is 0 Å². The van der Waals surface area contributed by atoms with Crippen molar-refractivity contribution in [3.8, 4) is 0 Å². The van der Waals surface area contributed by atoms with E-state index in [1.54, 1.807) is 0 Å². The Labute approximate surface area is 445 Å². The summed E-state index contributed by atoms with van der Waals surface area (Å²) < 4.78 is 34.6. The number of hydrogen-bond donors (Lipinski definition) is 1. The Bertz CT molecular complexity index is 1400. The molecule has 0 aromatic carbocycles. The number of phosphoric acid groups is 1. The van der Waals surface area contributed by atoms with Gasteiger partial charge in [0, 0.05) is 12.8 Å². The van der Waals surface area contributed by atoms with Gasteiger partial charge in [-0.25, -0.2) is 4.57 Å². The van der Waals surface area contributed by atoms with Crippen molar-refractivity contribution in [3.63, 3.8) is 0 Å². The summed E-state index contributed by atoms with van der Waals surface area (Å²) >= 11 is 0. The molecule has 0 aliphatic heterocycles. The maximum Gasteiger partial charge on any atom is 0.472 e. The highest BCUT2D eigenvalue weighted by Gasteiger charge is 2.27. The van der Waals surface area contributed by atoms with Crippen LogP contribution in [0, 0.1) is 0 Å². The average Bonchev–Trinajstić information content (AvgIpc) is 3.34. The minimum absolute atomic E-state index is 0.0298. The molecule has 0 aliphatic rings. The van der Waals surface area contributed by atoms with E-state index in [1.807, 2.05) is 21.1 Å². The van der Waals surface area contributed by atoms with E-state index in [2.05, 4.69) is 74.6 Å². The maximum absolute atomic E-state index is 12.8. The monoisotopic (exact) mass is 1030 g/mol. The summed E-state index contributed by atoms with van der Waals surface area (Å²) in [5.41, 5.74) is 0. The largest absolute Gasteiger partial charge is 0.472 e. The van der Waals surface area contributed by atoms with Crippen molar-refractivity contribution in [2.24, 2.45) is 0 Å². The second-order valence-electron chi connectivity index (χ2n) is 21.4. The molecule has 0 radical (unpaired) electrons. The molecule has 0 fully saturated rings. The standard InChI is InChI=1S/C62H114NO8P/c1-6-8-10-12-14-16-18-20-22-24-26-28-30-31-33-34-36-38-40-42-44-46-48-50-52-54-61(64)68-58-60(59-70-72(66,67)69-57-56-63(3,4)5)71-62(65)55-53-51-49-47-45-43-41-39-37-35-32-29-27-25-23-21-19-17-15-13-11-9-7-2/h9,11,15,17,21,23-24,26-27,29,60H,6-8,10,12-14,16,18-20,22,25,28,30-59H2,1-5H3/p+1/b11-9-,17-15-,23-21-,26-24-,29-27-. The van der Waals surface area contributed by atoms with Gasteiger partial charge in [0.05, 0.1) is 27.7 Å². The van der Waals surface area contributed by atoms with E-state index in [0.29, 0.717) is 17.4 Å². The third-order valence-electron chi connectivity index (χ3n) is 13.0. The van der Waals surface area contributed by atoms with Crippen LogP contribution in [-0.2, 0) is 32.7 Å². The van der Waals surface area contributed by atoms with Gasteiger partial charge in [-0.3, -0.25) is 18.6 Å². The van der Waals surface area contributed by atoms with Crippen molar-refractivity contribution < 1.29 is 42.1 Å². The summed E-state index contributed by atoms with van der Waals surface area (Å²) in [4.78, 5) is 35.7. The Balaban J connectivity index is 4.14. The van der Waals surface area contributed by atoms with Crippen molar-refractivity contribution in [2.75, 3.05) is 47.5 Å². The summed E-state index contributed by atoms with van der Waals surface area (Å²) in [6, 6.07) is 0. The normalized spacial score (nSPS) is 13.7. The molecule has 0 aromatic rings. The number of allylic oxidation sites excluding steroid dienone is 10. The number of hydrogen-bond acceptors (Lipinski definition) is 7.